The summed E-state index contributed by atoms with van der Waals surface area (Å²) in [6.07, 6.45) is 4.42. The lowest BCUT2D eigenvalue weighted by Crippen LogP contribution is -2.42. The van der Waals surface area contributed by atoms with Gasteiger partial charge in [0.2, 0.25) is 0 Å². The van der Waals surface area contributed by atoms with Crippen molar-refractivity contribution < 1.29 is 23.8 Å². The summed E-state index contributed by atoms with van der Waals surface area (Å²) in [6, 6.07) is 4.96. The van der Waals surface area contributed by atoms with Gasteiger partial charge in [-0.1, -0.05) is 33.1 Å². The Morgan fingerprint density at radius 1 is 1.19 bits per heavy atom. The zero-order valence-electron chi connectivity index (χ0n) is 17.4. The molecule has 0 fully saturated rings. The van der Waals surface area contributed by atoms with E-state index in [2.05, 4.69) is 12.2 Å². The van der Waals surface area contributed by atoms with Gasteiger partial charge in [-0.2, -0.15) is 0 Å². The zero-order chi connectivity index (χ0) is 20.4. The molecule has 2 unspecified atom stereocenters. The maximum absolute atomic E-state index is 12.7. The van der Waals surface area contributed by atoms with Crippen LogP contribution in [0.1, 0.15) is 70.2 Å². The van der Waals surface area contributed by atoms with Gasteiger partial charge in [0.15, 0.2) is 0 Å². The van der Waals surface area contributed by atoms with Gasteiger partial charge in [-0.15, -0.1) is 0 Å². The number of carbonyl (C=O) groups excluding carboxylic acids is 2. The van der Waals surface area contributed by atoms with Gasteiger partial charge in [-0.05, 0) is 44.9 Å². The molecule has 0 radical (unpaired) electrons. The molecular weight excluding hydrogens is 346 g/mol. The van der Waals surface area contributed by atoms with Crippen molar-refractivity contribution in [2.24, 2.45) is 0 Å². The van der Waals surface area contributed by atoms with E-state index in [4.69, 9.17) is 14.2 Å². The molecule has 1 N–H and O–H groups in total. The summed E-state index contributed by atoms with van der Waals surface area (Å²) in [5.74, 6) is -0.319. The van der Waals surface area contributed by atoms with E-state index in [1.165, 1.54) is 14.2 Å². The molecule has 6 heteroatoms. The van der Waals surface area contributed by atoms with Crippen molar-refractivity contribution >= 4 is 17.6 Å². The van der Waals surface area contributed by atoms with Crippen LogP contribution in [0.15, 0.2) is 18.2 Å². The predicted molar refractivity (Wildman–Crippen MR) is 106 cm³/mol. The highest BCUT2D eigenvalue weighted by molar-refractivity contribution is 5.99. The predicted octanol–water partition coefficient (Wildman–Crippen LogP) is 4.57. The molecule has 0 aliphatic carbocycles. The molecule has 0 aliphatic rings. The van der Waals surface area contributed by atoms with Gasteiger partial charge < -0.3 is 19.5 Å². The van der Waals surface area contributed by atoms with Crippen molar-refractivity contribution in [3.63, 3.8) is 0 Å². The van der Waals surface area contributed by atoms with Gasteiger partial charge in [-0.3, -0.25) is 4.79 Å². The molecule has 0 saturated heterocycles. The molecule has 152 valence electrons. The minimum absolute atomic E-state index is 0.0378. The van der Waals surface area contributed by atoms with E-state index in [-0.39, 0.29) is 17.6 Å². The van der Waals surface area contributed by atoms with E-state index in [1.807, 2.05) is 13.8 Å². The summed E-state index contributed by atoms with van der Waals surface area (Å²) in [5.41, 5.74) is -0.150. The maximum atomic E-state index is 12.7. The summed E-state index contributed by atoms with van der Waals surface area (Å²) >= 11 is 0. The number of rotatable bonds is 11. The highest BCUT2D eigenvalue weighted by Gasteiger charge is 2.32. The maximum Gasteiger partial charge on any atom is 0.341 e. The Morgan fingerprint density at radius 2 is 1.89 bits per heavy atom. The van der Waals surface area contributed by atoms with Crippen LogP contribution in [0.2, 0.25) is 0 Å². The molecule has 0 spiro atoms. The Morgan fingerprint density at radius 3 is 2.44 bits per heavy atom. The Bertz CT molecular complexity index is 631. The molecule has 1 rings (SSSR count). The first-order valence-corrected chi connectivity index (χ1v) is 9.56. The number of esters is 1. The number of amides is 1. The summed E-state index contributed by atoms with van der Waals surface area (Å²) in [4.78, 5) is 24.9. The molecule has 0 bridgehead atoms. The third kappa shape index (κ3) is 6.54. The number of hydrogen-bond acceptors (Lipinski definition) is 5. The van der Waals surface area contributed by atoms with Gasteiger partial charge in [0.25, 0.3) is 5.91 Å². The first-order chi connectivity index (χ1) is 12.8. The standard InChI is InChI=1S/C21H33NO5/c1-7-9-10-13-21(4,26-6)20(24)22-16-11-12-18(27-15(3)8-2)17(14-16)19(23)25-5/h11-12,14-15H,7-10,13H2,1-6H3,(H,22,24). The van der Waals surface area contributed by atoms with Crippen molar-refractivity contribution in [3.05, 3.63) is 23.8 Å². The summed E-state index contributed by atoms with van der Waals surface area (Å²) in [7, 11) is 2.85. The van der Waals surface area contributed by atoms with Crippen LogP contribution in [-0.2, 0) is 14.3 Å². The lowest BCUT2D eigenvalue weighted by atomic mass is 9.96. The first-order valence-electron chi connectivity index (χ1n) is 9.56. The molecule has 1 aromatic carbocycles. The van der Waals surface area contributed by atoms with Gasteiger partial charge in [0.05, 0.1) is 13.2 Å². The van der Waals surface area contributed by atoms with Crippen LogP contribution in [0.3, 0.4) is 0 Å². The quantitative estimate of drug-likeness (QED) is 0.450. The van der Waals surface area contributed by atoms with Crippen LogP contribution in [-0.4, -0.2) is 37.8 Å². The monoisotopic (exact) mass is 379 g/mol. The van der Waals surface area contributed by atoms with E-state index in [0.29, 0.717) is 17.9 Å². The molecule has 0 heterocycles. The fraction of sp³-hybridized carbons (Fsp3) is 0.619. The van der Waals surface area contributed by atoms with Gasteiger partial charge in [0, 0.05) is 12.8 Å². The number of anilines is 1. The van der Waals surface area contributed by atoms with Crippen LogP contribution in [0.25, 0.3) is 0 Å². The smallest absolute Gasteiger partial charge is 0.341 e. The van der Waals surface area contributed by atoms with Gasteiger partial charge in [-0.25, -0.2) is 4.79 Å². The van der Waals surface area contributed by atoms with Gasteiger partial charge >= 0.3 is 5.97 Å². The summed E-state index contributed by atoms with van der Waals surface area (Å²) < 4.78 is 16.1. The average Bonchev–Trinajstić information content (AvgIpc) is 2.68. The van der Waals surface area contributed by atoms with Crippen LogP contribution >= 0.6 is 0 Å². The normalized spacial score (nSPS) is 14.1. The number of benzene rings is 1. The van der Waals surface area contributed by atoms with Crippen molar-refractivity contribution in [2.75, 3.05) is 19.5 Å². The van der Waals surface area contributed by atoms with E-state index in [9.17, 15) is 9.59 Å². The number of methoxy groups -OCH3 is 2. The number of hydrogen-bond donors (Lipinski definition) is 1. The van der Waals surface area contributed by atoms with E-state index >= 15 is 0 Å². The third-order valence-electron chi connectivity index (χ3n) is 4.73. The molecule has 0 aromatic heterocycles. The van der Waals surface area contributed by atoms with Crippen molar-refractivity contribution in [3.8, 4) is 5.75 Å². The fourth-order valence-corrected chi connectivity index (χ4v) is 2.56. The summed E-state index contributed by atoms with van der Waals surface area (Å²) in [5, 5.41) is 2.85. The molecule has 1 aromatic rings. The molecule has 6 nitrogen and oxygen atoms in total. The van der Waals surface area contributed by atoms with Crippen molar-refractivity contribution in [2.45, 2.75) is 71.5 Å². The zero-order valence-corrected chi connectivity index (χ0v) is 17.4. The number of unbranched alkanes of at least 4 members (excludes halogenated alkanes) is 2. The minimum atomic E-state index is -0.924. The second-order valence-corrected chi connectivity index (χ2v) is 6.89. The topological polar surface area (TPSA) is 73.9 Å². The van der Waals surface area contributed by atoms with E-state index in [0.717, 1.165) is 25.7 Å². The molecule has 27 heavy (non-hydrogen) atoms. The average molecular weight is 379 g/mol. The van der Waals surface area contributed by atoms with Crippen molar-refractivity contribution in [1.29, 1.82) is 0 Å². The number of nitrogens with one attached hydrogen (secondary N) is 1. The molecular formula is C21H33NO5. The Labute approximate surface area is 162 Å². The molecule has 0 aliphatic heterocycles. The van der Waals surface area contributed by atoms with Crippen LogP contribution in [0, 0.1) is 0 Å². The molecule has 1 amide bonds. The van der Waals surface area contributed by atoms with Crippen molar-refractivity contribution in [1.82, 2.24) is 0 Å². The van der Waals surface area contributed by atoms with E-state index < -0.39 is 11.6 Å². The second-order valence-electron chi connectivity index (χ2n) is 6.89. The van der Waals surface area contributed by atoms with Gasteiger partial charge in [0.1, 0.15) is 16.9 Å². The number of carbonyl (C=O) groups is 2. The highest BCUT2D eigenvalue weighted by Crippen LogP contribution is 2.27. The Kier molecular flexibility index (Phi) is 9.29. The fourth-order valence-electron chi connectivity index (χ4n) is 2.56. The lowest BCUT2D eigenvalue weighted by Gasteiger charge is -2.27. The van der Waals surface area contributed by atoms with E-state index in [1.54, 1.807) is 25.1 Å². The Balaban J connectivity index is 3.02. The second kappa shape index (κ2) is 10.9. The lowest BCUT2D eigenvalue weighted by molar-refractivity contribution is -0.136. The largest absolute Gasteiger partial charge is 0.490 e. The molecule has 0 saturated carbocycles. The van der Waals surface area contributed by atoms with Crippen LogP contribution in [0.4, 0.5) is 5.69 Å². The highest BCUT2D eigenvalue weighted by atomic mass is 16.5. The van der Waals surface area contributed by atoms with Crippen LogP contribution in [0.5, 0.6) is 5.75 Å². The van der Waals surface area contributed by atoms with Crippen LogP contribution < -0.4 is 10.1 Å². The first kappa shape index (κ1) is 23.0. The SMILES string of the molecule is CCCCCC(C)(OC)C(=O)Nc1ccc(OC(C)CC)c(C(=O)OC)c1. The third-order valence-corrected chi connectivity index (χ3v) is 4.73. The summed E-state index contributed by atoms with van der Waals surface area (Å²) in [6.45, 7) is 7.82. The Hall–Kier alpha value is -2.08. The molecule has 2 atom stereocenters. The number of ether oxygens (including phenoxy) is 3. The minimum Gasteiger partial charge on any atom is -0.490 e.